The van der Waals surface area contributed by atoms with Crippen LogP contribution in [0.4, 0.5) is 0 Å². The van der Waals surface area contributed by atoms with Crippen LogP contribution in [0.1, 0.15) is 18.4 Å². The number of methoxy groups -OCH3 is 3. The van der Waals surface area contributed by atoms with Gasteiger partial charge in [-0.3, -0.25) is 4.79 Å². The van der Waals surface area contributed by atoms with Crippen LogP contribution in [0, 0.1) is 0 Å². The van der Waals surface area contributed by atoms with Gasteiger partial charge in [0.1, 0.15) is 18.4 Å². The fourth-order valence-corrected chi connectivity index (χ4v) is 2.75. The minimum Gasteiger partial charge on any atom is -0.496 e. The van der Waals surface area contributed by atoms with Crippen LogP contribution in [0.15, 0.2) is 18.2 Å². The van der Waals surface area contributed by atoms with Crippen molar-refractivity contribution in [2.75, 3.05) is 34.5 Å². The van der Waals surface area contributed by atoms with Crippen LogP contribution in [-0.2, 0) is 14.3 Å². The first-order valence-electron chi connectivity index (χ1n) is 7.98. The van der Waals surface area contributed by atoms with E-state index >= 15 is 0 Å². The summed E-state index contributed by atoms with van der Waals surface area (Å²) in [5, 5.41) is 0. The molecule has 1 aromatic rings. The van der Waals surface area contributed by atoms with Crippen LogP contribution in [0.5, 0.6) is 17.2 Å². The van der Waals surface area contributed by atoms with Gasteiger partial charge in [-0.25, -0.2) is 4.79 Å². The molecule has 0 saturated carbocycles. The number of benzene rings is 1. The summed E-state index contributed by atoms with van der Waals surface area (Å²) in [4.78, 5) is 24.4. The molecule has 136 valence electrons. The van der Waals surface area contributed by atoms with E-state index in [0.717, 1.165) is 12.0 Å². The summed E-state index contributed by atoms with van der Waals surface area (Å²) in [5.41, 5.74) is 0.770. The number of carbonyl (C=O) groups excluding carboxylic acids is 2. The molecule has 0 aliphatic carbocycles. The van der Waals surface area contributed by atoms with E-state index < -0.39 is 6.04 Å². The van der Waals surface area contributed by atoms with Gasteiger partial charge < -0.3 is 23.8 Å². The second-order valence-corrected chi connectivity index (χ2v) is 5.48. The number of hydrogen-bond acceptors (Lipinski definition) is 6. The molecule has 1 heterocycles. The van der Waals surface area contributed by atoms with Crippen LogP contribution < -0.4 is 14.2 Å². The minimum atomic E-state index is -0.471. The molecule has 7 heteroatoms. The number of carbonyl (C=O) groups is 2. The summed E-state index contributed by atoms with van der Waals surface area (Å²) in [6, 6.07) is 3.04. The van der Waals surface area contributed by atoms with Crippen LogP contribution in [0.3, 0.4) is 0 Å². The number of hydrogen-bond donors (Lipinski definition) is 0. The monoisotopic (exact) mass is 349 g/mol. The van der Waals surface area contributed by atoms with Crippen molar-refractivity contribution in [1.29, 1.82) is 0 Å². The lowest BCUT2D eigenvalue weighted by atomic mass is 10.1. The second-order valence-electron chi connectivity index (χ2n) is 5.48. The molecule has 0 radical (unpaired) electrons. The van der Waals surface area contributed by atoms with Crippen LogP contribution in [0.2, 0.25) is 0 Å². The highest BCUT2D eigenvalue weighted by molar-refractivity contribution is 5.79. The van der Waals surface area contributed by atoms with Crippen molar-refractivity contribution >= 4 is 18.5 Å². The van der Waals surface area contributed by atoms with E-state index in [1.54, 1.807) is 45.6 Å². The summed E-state index contributed by atoms with van der Waals surface area (Å²) >= 11 is 0. The van der Waals surface area contributed by atoms with Gasteiger partial charge in [-0.1, -0.05) is 6.08 Å². The first-order chi connectivity index (χ1) is 12.1. The quantitative estimate of drug-likeness (QED) is 0.527. The zero-order chi connectivity index (χ0) is 18.2. The predicted octanol–water partition coefficient (Wildman–Crippen LogP) is 1.89. The van der Waals surface area contributed by atoms with E-state index in [-0.39, 0.29) is 12.6 Å². The molecule has 1 atom stereocenters. The minimum absolute atomic E-state index is 0.111. The Balaban J connectivity index is 1.99. The molecule has 2 rings (SSSR count). The molecule has 0 spiro atoms. The molecule has 1 aliphatic rings. The van der Waals surface area contributed by atoms with Gasteiger partial charge in [-0.05, 0) is 25.0 Å². The van der Waals surface area contributed by atoms with Crippen molar-refractivity contribution in [3.05, 3.63) is 23.8 Å². The zero-order valence-corrected chi connectivity index (χ0v) is 14.7. The van der Waals surface area contributed by atoms with Gasteiger partial charge in [0, 0.05) is 18.2 Å². The fourth-order valence-electron chi connectivity index (χ4n) is 2.75. The van der Waals surface area contributed by atoms with E-state index in [1.165, 1.54) is 4.90 Å². The summed E-state index contributed by atoms with van der Waals surface area (Å²) in [5.74, 6) is 1.38. The first-order valence-corrected chi connectivity index (χ1v) is 7.98. The summed E-state index contributed by atoms with van der Waals surface area (Å²) in [7, 11) is 4.67. The number of rotatable bonds is 8. The highest BCUT2D eigenvalue weighted by Gasteiger charge is 2.30. The Kier molecular flexibility index (Phi) is 6.68. The van der Waals surface area contributed by atoms with Crippen molar-refractivity contribution in [2.24, 2.45) is 0 Å². The topological polar surface area (TPSA) is 74.3 Å². The van der Waals surface area contributed by atoms with Crippen molar-refractivity contribution in [2.45, 2.75) is 18.9 Å². The molecule has 25 heavy (non-hydrogen) atoms. The van der Waals surface area contributed by atoms with Gasteiger partial charge in [-0.2, -0.15) is 0 Å². The molecular formula is C18H23NO6. The average Bonchev–Trinajstić information content (AvgIpc) is 3.13. The smallest absolute Gasteiger partial charge is 0.329 e. The van der Waals surface area contributed by atoms with Gasteiger partial charge in [0.2, 0.25) is 6.41 Å². The van der Waals surface area contributed by atoms with E-state index in [0.29, 0.717) is 36.6 Å². The van der Waals surface area contributed by atoms with Gasteiger partial charge in [0.05, 0.1) is 21.3 Å². The van der Waals surface area contributed by atoms with E-state index in [2.05, 4.69) is 0 Å². The molecule has 1 amide bonds. The largest absolute Gasteiger partial charge is 0.496 e. The Bertz CT molecular complexity index is 643. The SMILES string of the molecule is COc1cc(OC)c(OC)cc1/C=C/COC(=O)C1CCCN1C=O. The van der Waals surface area contributed by atoms with Crippen molar-refractivity contribution in [3.8, 4) is 17.2 Å². The van der Waals surface area contributed by atoms with Crippen molar-refractivity contribution in [3.63, 3.8) is 0 Å². The lowest BCUT2D eigenvalue weighted by Crippen LogP contribution is -2.36. The molecule has 0 bridgehead atoms. The van der Waals surface area contributed by atoms with Crippen LogP contribution >= 0.6 is 0 Å². The third-order valence-corrected chi connectivity index (χ3v) is 4.06. The van der Waals surface area contributed by atoms with Crippen molar-refractivity contribution in [1.82, 2.24) is 4.90 Å². The number of nitrogens with zero attached hydrogens (tertiary/aromatic N) is 1. The van der Waals surface area contributed by atoms with E-state index in [9.17, 15) is 9.59 Å². The Labute approximate surface area is 147 Å². The molecule has 7 nitrogen and oxygen atoms in total. The maximum atomic E-state index is 12.0. The Morgan fingerprint density at radius 2 is 1.84 bits per heavy atom. The highest BCUT2D eigenvalue weighted by atomic mass is 16.5. The lowest BCUT2D eigenvalue weighted by Gasteiger charge is -2.17. The van der Waals surface area contributed by atoms with Gasteiger partial charge in [0.15, 0.2) is 11.5 Å². The van der Waals surface area contributed by atoms with Crippen LogP contribution in [-0.4, -0.2) is 57.8 Å². The van der Waals surface area contributed by atoms with E-state index in [4.69, 9.17) is 18.9 Å². The zero-order valence-electron chi connectivity index (χ0n) is 14.7. The first kappa shape index (κ1) is 18.6. The van der Waals surface area contributed by atoms with E-state index in [1.807, 2.05) is 0 Å². The molecule has 1 aliphatic heterocycles. The van der Waals surface area contributed by atoms with Gasteiger partial charge >= 0.3 is 5.97 Å². The number of ether oxygens (including phenoxy) is 4. The molecule has 1 unspecified atom stereocenters. The highest BCUT2D eigenvalue weighted by Crippen LogP contribution is 2.35. The Morgan fingerprint density at radius 1 is 1.16 bits per heavy atom. The Morgan fingerprint density at radius 3 is 2.48 bits per heavy atom. The molecule has 0 aromatic heterocycles. The van der Waals surface area contributed by atoms with Gasteiger partial charge in [0.25, 0.3) is 0 Å². The van der Waals surface area contributed by atoms with Crippen LogP contribution in [0.25, 0.3) is 6.08 Å². The average molecular weight is 349 g/mol. The Hall–Kier alpha value is -2.70. The summed E-state index contributed by atoms with van der Waals surface area (Å²) < 4.78 is 21.1. The van der Waals surface area contributed by atoms with Crippen molar-refractivity contribution < 1.29 is 28.5 Å². The number of esters is 1. The summed E-state index contributed by atoms with van der Waals surface area (Å²) in [6.07, 6.45) is 5.65. The second kappa shape index (κ2) is 8.96. The standard InChI is InChI=1S/C18H23NO6/c1-22-15-11-17(24-3)16(23-2)10-13(15)6-5-9-25-18(21)14-7-4-8-19(14)12-20/h5-6,10-12,14H,4,7-9H2,1-3H3/b6-5+. The normalized spacial score (nSPS) is 16.8. The lowest BCUT2D eigenvalue weighted by molar-refractivity contribution is -0.149. The number of amides is 1. The maximum absolute atomic E-state index is 12.0. The molecule has 1 aromatic carbocycles. The summed E-state index contributed by atoms with van der Waals surface area (Å²) in [6.45, 7) is 0.710. The third-order valence-electron chi connectivity index (χ3n) is 4.06. The predicted molar refractivity (Wildman–Crippen MR) is 91.9 cm³/mol. The molecule has 1 fully saturated rings. The molecular weight excluding hydrogens is 326 g/mol. The van der Waals surface area contributed by atoms with Gasteiger partial charge in [-0.15, -0.1) is 0 Å². The fraction of sp³-hybridized carbons (Fsp3) is 0.444. The third kappa shape index (κ3) is 4.43. The number of likely N-dealkylation sites (tertiary alicyclic amines) is 1. The molecule has 0 N–H and O–H groups in total. The maximum Gasteiger partial charge on any atom is 0.329 e. The molecule has 1 saturated heterocycles.